The highest BCUT2D eigenvalue weighted by molar-refractivity contribution is 6.32. The zero-order valence-corrected chi connectivity index (χ0v) is 28.4. The fourth-order valence-corrected chi connectivity index (χ4v) is 5.53. The van der Waals surface area contributed by atoms with E-state index in [1.807, 2.05) is 0 Å². The summed E-state index contributed by atoms with van der Waals surface area (Å²) >= 11 is 12.2. The van der Waals surface area contributed by atoms with E-state index in [1.165, 1.54) is 62.2 Å². The van der Waals surface area contributed by atoms with Gasteiger partial charge in [0.15, 0.2) is 17.5 Å². The van der Waals surface area contributed by atoms with Gasteiger partial charge in [-0.25, -0.2) is 28.9 Å². The number of carbonyl (C=O) groups excluding carboxylic acids is 2. The predicted octanol–water partition coefficient (Wildman–Crippen LogP) is 5.28. The average Bonchev–Trinajstić information content (AvgIpc) is 3.75. The maximum absolute atomic E-state index is 14.6. The third kappa shape index (κ3) is 8.81. The highest BCUT2D eigenvalue weighted by Gasteiger charge is 2.53. The molecule has 21 heteroatoms. The van der Waals surface area contributed by atoms with Gasteiger partial charge in [0, 0.05) is 23.3 Å². The Hall–Kier alpha value is -4.65. The third-order valence-electron chi connectivity index (χ3n) is 7.58. The highest BCUT2D eigenvalue weighted by atomic mass is 35.5. The second-order valence-corrected chi connectivity index (χ2v) is 13.4. The predicted molar refractivity (Wildman–Crippen MR) is 169 cm³/mol. The number of aromatic nitrogens is 7. The number of benzene rings is 1. The van der Waals surface area contributed by atoms with Crippen molar-refractivity contribution < 1.29 is 40.7 Å². The van der Waals surface area contributed by atoms with Crippen LogP contribution in [0.1, 0.15) is 33.0 Å². The molecular formula is C30H29Cl2F6N9O4. The number of alkyl halides is 6. The van der Waals surface area contributed by atoms with Crippen molar-refractivity contribution >= 4 is 35.2 Å². The Balaban J connectivity index is 1.47. The maximum Gasteiger partial charge on any atom is 0.410 e. The van der Waals surface area contributed by atoms with Gasteiger partial charge >= 0.3 is 24.1 Å². The standard InChI is InChI=1S/C30H29Cl2F6N9O4/c1-28(2,3)51-27(50)44-12-17(29(33,34)35)11-20(44)25(48)41-21(30(36,37)38)13-45-23(16-6-8-18(31)9-7-16)43-46(26(45)49)14-22-40-15-47(42-22)24-19(32)5-4-10-39-24/h4-10,15,17,20-21H,11-14H2,1-3H3,(H,41,48)/t17-,20-,21?/m0/s1. The summed E-state index contributed by atoms with van der Waals surface area (Å²) in [7, 11) is 0. The lowest BCUT2D eigenvalue weighted by molar-refractivity contribution is -0.171. The molecule has 1 aromatic carbocycles. The minimum Gasteiger partial charge on any atom is -0.444 e. The van der Waals surface area contributed by atoms with Gasteiger partial charge in [-0.2, -0.15) is 26.3 Å². The summed E-state index contributed by atoms with van der Waals surface area (Å²) in [5.74, 6) is -3.76. The molecule has 3 aromatic heterocycles. The van der Waals surface area contributed by atoms with E-state index >= 15 is 0 Å². The number of ether oxygens (including phenoxy) is 1. The normalized spacial score (nSPS) is 17.4. The number of rotatable bonds is 8. The third-order valence-corrected chi connectivity index (χ3v) is 8.13. The van der Waals surface area contributed by atoms with E-state index in [0.717, 1.165) is 4.68 Å². The molecule has 0 aliphatic carbocycles. The maximum atomic E-state index is 14.6. The zero-order chi connectivity index (χ0) is 37.5. The van der Waals surface area contributed by atoms with Gasteiger partial charge in [0.2, 0.25) is 5.91 Å². The van der Waals surface area contributed by atoms with Crippen molar-refractivity contribution in [1.82, 2.24) is 44.3 Å². The van der Waals surface area contributed by atoms with E-state index in [1.54, 1.807) is 17.4 Å². The molecule has 1 unspecified atom stereocenters. The number of hydrogen-bond donors (Lipinski definition) is 1. The van der Waals surface area contributed by atoms with E-state index in [4.69, 9.17) is 27.9 Å². The molecule has 0 radical (unpaired) electrons. The van der Waals surface area contributed by atoms with Crippen LogP contribution in [0, 0.1) is 5.92 Å². The summed E-state index contributed by atoms with van der Waals surface area (Å²) in [6.07, 6.45) is -9.68. The molecule has 51 heavy (non-hydrogen) atoms. The summed E-state index contributed by atoms with van der Waals surface area (Å²) in [6, 6.07) is 4.00. The molecule has 1 aliphatic rings. The summed E-state index contributed by atoms with van der Waals surface area (Å²) in [6.45, 7) is 1.63. The molecule has 0 spiro atoms. The van der Waals surface area contributed by atoms with Crippen LogP contribution in [0.4, 0.5) is 31.1 Å². The van der Waals surface area contributed by atoms with Gasteiger partial charge in [-0.3, -0.25) is 14.3 Å². The summed E-state index contributed by atoms with van der Waals surface area (Å²) in [4.78, 5) is 48.5. The van der Waals surface area contributed by atoms with Crippen LogP contribution in [0.2, 0.25) is 10.0 Å². The van der Waals surface area contributed by atoms with Crippen molar-refractivity contribution in [3.63, 3.8) is 0 Å². The number of halogens is 8. The first-order valence-corrected chi connectivity index (χ1v) is 15.9. The van der Waals surface area contributed by atoms with E-state index in [2.05, 4.69) is 20.2 Å². The lowest BCUT2D eigenvalue weighted by Crippen LogP contribution is -2.55. The van der Waals surface area contributed by atoms with E-state index < -0.39 is 79.7 Å². The number of nitrogens with one attached hydrogen (secondary N) is 1. The summed E-state index contributed by atoms with van der Waals surface area (Å²) in [5.41, 5.74) is -2.08. The molecule has 2 amide bonds. The quantitative estimate of drug-likeness (QED) is 0.239. The first-order chi connectivity index (χ1) is 23.7. The Morgan fingerprint density at radius 2 is 1.71 bits per heavy atom. The summed E-state index contributed by atoms with van der Waals surface area (Å²) < 4.78 is 92.6. The average molecular weight is 765 g/mol. The largest absolute Gasteiger partial charge is 0.444 e. The molecule has 13 nitrogen and oxygen atoms in total. The monoisotopic (exact) mass is 763 g/mol. The number of nitrogens with zero attached hydrogens (tertiary/aromatic N) is 8. The lowest BCUT2D eigenvalue weighted by Gasteiger charge is -2.29. The molecule has 5 rings (SSSR count). The van der Waals surface area contributed by atoms with Crippen molar-refractivity contribution in [2.24, 2.45) is 5.92 Å². The molecule has 1 saturated heterocycles. The Labute approximate surface area is 295 Å². The van der Waals surface area contributed by atoms with Crippen LogP contribution in [0.15, 0.2) is 53.7 Å². The molecule has 1 N–H and O–H groups in total. The zero-order valence-electron chi connectivity index (χ0n) is 26.9. The molecule has 4 heterocycles. The van der Waals surface area contributed by atoms with Crippen molar-refractivity contribution in [3.05, 3.63) is 75.3 Å². The van der Waals surface area contributed by atoms with Crippen LogP contribution in [-0.2, 0) is 22.6 Å². The number of carbonyl (C=O) groups is 2. The molecule has 274 valence electrons. The minimum absolute atomic E-state index is 0.00878. The van der Waals surface area contributed by atoms with Crippen LogP contribution in [-0.4, -0.2) is 87.6 Å². The van der Waals surface area contributed by atoms with Crippen molar-refractivity contribution in [3.8, 4) is 17.2 Å². The van der Waals surface area contributed by atoms with Gasteiger partial charge in [0.05, 0.1) is 17.5 Å². The van der Waals surface area contributed by atoms with E-state index in [9.17, 15) is 40.7 Å². The van der Waals surface area contributed by atoms with Crippen LogP contribution in [0.3, 0.4) is 0 Å². The van der Waals surface area contributed by atoms with Gasteiger partial charge in [0.1, 0.15) is 30.6 Å². The van der Waals surface area contributed by atoms with Gasteiger partial charge < -0.3 is 10.1 Å². The summed E-state index contributed by atoms with van der Waals surface area (Å²) in [5, 5.41) is 10.7. The molecule has 0 bridgehead atoms. The van der Waals surface area contributed by atoms with Gasteiger partial charge in [0.25, 0.3) is 0 Å². The second-order valence-electron chi connectivity index (χ2n) is 12.5. The van der Waals surface area contributed by atoms with Gasteiger partial charge in [-0.1, -0.05) is 23.2 Å². The molecule has 0 saturated carbocycles. The Morgan fingerprint density at radius 3 is 2.31 bits per heavy atom. The smallest absolute Gasteiger partial charge is 0.410 e. The highest BCUT2D eigenvalue weighted by Crippen LogP contribution is 2.38. The van der Waals surface area contributed by atoms with Crippen LogP contribution in [0.25, 0.3) is 17.2 Å². The molecular weight excluding hydrogens is 735 g/mol. The number of hydrogen-bond acceptors (Lipinski definition) is 8. The van der Waals surface area contributed by atoms with Crippen LogP contribution in [0.5, 0.6) is 0 Å². The molecule has 3 atom stereocenters. The fourth-order valence-electron chi connectivity index (χ4n) is 5.20. The van der Waals surface area contributed by atoms with Crippen molar-refractivity contribution in [2.75, 3.05) is 6.54 Å². The second kappa shape index (κ2) is 14.2. The number of pyridine rings is 1. The van der Waals surface area contributed by atoms with E-state index in [-0.39, 0.29) is 33.1 Å². The molecule has 4 aromatic rings. The number of likely N-dealkylation sites (tertiary alicyclic amines) is 1. The van der Waals surface area contributed by atoms with Gasteiger partial charge in [-0.05, 0) is 63.6 Å². The molecule has 1 fully saturated rings. The Morgan fingerprint density at radius 1 is 1.02 bits per heavy atom. The molecule has 1 aliphatic heterocycles. The van der Waals surface area contributed by atoms with Crippen LogP contribution >= 0.6 is 23.2 Å². The minimum atomic E-state index is -5.23. The first kappa shape index (κ1) is 37.6. The van der Waals surface area contributed by atoms with Crippen molar-refractivity contribution in [1.29, 1.82) is 0 Å². The van der Waals surface area contributed by atoms with Crippen molar-refractivity contribution in [2.45, 2.75) is 70.3 Å². The van der Waals surface area contributed by atoms with E-state index in [0.29, 0.717) is 9.47 Å². The Bertz CT molecular complexity index is 1950. The van der Waals surface area contributed by atoms with Gasteiger partial charge in [-0.15, -0.1) is 10.2 Å². The van der Waals surface area contributed by atoms with Crippen LogP contribution < -0.4 is 11.0 Å². The lowest BCUT2D eigenvalue weighted by atomic mass is 10.0. The Kier molecular flexibility index (Phi) is 10.4. The number of amides is 2. The SMILES string of the molecule is CC(C)(C)OC(=O)N1C[C@@H](C(F)(F)F)C[C@H]1C(=O)NC(Cn1c(-c2ccc(Cl)cc2)nn(Cc2ncn(-c3ncccc3Cl)n2)c1=O)C(F)(F)F. The topological polar surface area (TPSA) is 142 Å². The first-order valence-electron chi connectivity index (χ1n) is 15.1. The fraction of sp³-hybridized carbons (Fsp3) is 0.433.